The van der Waals surface area contributed by atoms with E-state index in [1.54, 1.807) is 0 Å². The van der Waals surface area contributed by atoms with Gasteiger partial charge in [-0.25, -0.2) is 0 Å². The van der Waals surface area contributed by atoms with E-state index in [0.29, 0.717) is 0 Å². The van der Waals surface area contributed by atoms with Gasteiger partial charge in [0.15, 0.2) is 0 Å². The molecule has 0 atom stereocenters. The van der Waals surface area contributed by atoms with Gasteiger partial charge in [0.05, 0.1) is 23.7 Å². The third-order valence-electron chi connectivity index (χ3n) is 3.82. The average molecular weight is 417 g/mol. The van der Waals surface area contributed by atoms with Crippen molar-refractivity contribution in [3.05, 3.63) is 0 Å². The fourth-order valence-electron chi connectivity index (χ4n) is 2.94. The average Bonchev–Trinajstić information content (AvgIpc) is 2.71. The van der Waals surface area contributed by atoms with Crippen LogP contribution in [-0.4, -0.2) is 79.5 Å². The summed E-state index contributed by atoms with van der Waals surface area (Å²) < 4.78 is 33.0. The Hall–Kier alpha value is 1.01. The predicted octanol–water partition coefficient (Wildman–Crippen LogP) is -1.47. The SMILES string of the molecule is BrCC[N+]12CC[N+](CCBr)(CC1)C2.[O-][Cl+](O)(O)O. The molecule has 2 saturated heterocycles. The van der Waals surface area contributed by atoms with Crippen LogP contribution in [0, 0.1) is 10.2 Å². The summed E-state index contributed by atoms with van der Waals surface area (Å²) in [5.74, 6) is 0. The molecule has 0 aromatic carbocycles. The Morgan fingerprint density at radius 1 is 0.889 bits per heavy atom. The Morgan fingerprint density at radius 3 is 1.39 bits per heavy atom. The second-order valence-electron chi connectivity index (χ2n) is 4.98. The molecule has 2 bridgehead atoms. The van der Waals surface area contributed by atoms with Crippen LogP contribution in [0.2, 0.25) is 0 Å². The molecule has 0 aromatic rings. The van der Waals surface area contributed by atoms with Gasteiger partial charge in [-0.3, -0.25) is 8.97 Å². The Balaban J connectivity index is 0.000000280. The van der Waals surface area contributed by atoms with Gasteiger partial charge in [0.1, 0.15) is 26.2 Å². The van der Waals surface area contributed by atoms with E-state index in [1.807, 2.05) is 0 Å². The molecule has 0 saturated carbocycles. The zero-order valence-corrected chi connectivity index (χ0v) is 14.1. The van der Waals surface area contributed by atoms with E-state index >= 15 is 0 Å². The number of quaternary nitrogens is 2. The van der Waals surface area contributed by atoms with Crippen LogP contribution in [0.1, 0.15) is 0 Å². The van der Waals surface area contributed by atoms with Crippen LogP contribution in [0.25, 0.3) is 0 Å². The third kappa shape index (κ3) is 5.18. The van der Waals surface area contributed by atoms with Crippen molar-refractivity contribution in [1.29, 1.82) is 0 Å². The normalized spacial score (nSPS) is 35.2. The molecule has 2 heterocycles. The number of hydrogen-bond donors (Lipinski definition) is 3. The first kappa shape index (κ1) is 17.1. The van der Waals surface area contributed by atoms with Crippen LogP contribution in [0.15, 0.2) is 0 Å². The number of nitrogens with zero attached hydrogens (tertiary/aromatic N) is 2. The molecule has 0 aromatic heterocycles. The molecule has 0 aliphatic carbocycles. The summed E-state index contributed by atoms with van der Waals surface area (Å²) in [5.41, 5.74) is 0. The Bertz CT molecular complexity index is 244. The molecule has 9 heteroatoms. The first-order valence-electron chi connectivity index (χ1n) is 5.73. The van der Waals surface area contributed by atoms with Crippen LogP contribution >= 0.6 is 31.9 Å². The van der Waals surface area contributed by atoms with Crippen LogP contribution in [0.5, 0.6) is 0 Å². The minimum absolute atomic E-state index is 1.17. The summed E-state index contributed by atoms with van der Waals surface area (Å²) in [6.45, 7) is 9.73. The molecule has 2 aliphatic rings. The molecule has 2 fully saturated rings. The topological polar surface area (TPSA) is 83.8 Å². The maximum atomic E-state index is 8.83. The molecule has 0 radical (unpaired) electrons. The van der Waals surface area contributed by atoms with Gasteiger partial charge >= 0.3 is 28.9 Å². The van der Waals surface area contributed by atoms with E-state index in [1.165, 1.54) is 65.6 Å². The standard InChI is InChI=1S/C9H18Br2N2.ClH3O4/c10-1-3-12-5-7-13(9-12,4-2-11)8-6-12;2-1(3,4)5/h1-9H2;2-4H/q+2;. The first-order valence-corrected chi connectivity index (χ1v) is 9.29. The van der Waals surface area contributed by atoms with Gasteiger partial charge in [-0.05, 0) is 0 Å². The van der Waals surface area contributed by atoms with Gasteiger partial charge in [-0.15, -0.1) is 0 Å². The second-order valence-corrected chi connectivity index (χ2v) is 7.43. The maximum absolute atomic E-state index is 8.83. The quantitative estimate of drug-likeness (QED) is 0.386. The third-order valence-corrected chi connectivity index (χ3v) is 4.52. The first-order chi connectivity index (χ1) is 8.24. The van der Waals surface area contributed by atoms with Crippen molar-refractivity contribution in [3.63, 3.8) is 0 Å². The summed E-state index contributed by atoms with van der Waals surface area (Å²) in [5, 5.41) is 2.34. The van der Waals surface area contributed by atoms with E-state index in [0.717, 1.165) is 0 Å². The monoisotopic (exact) mass is 414 g/mol. The number of piperazine rings is 1. The van der Waals surface area contributed by atoms with E-state index in [-0.39, 0.29) is 0 Å². The molecule has 110 valence electrons. The van der Waals surface area contributed by atoms with Crippen molar-refractivity contribution in [2.24, 2.45) is 0 Å². The molecular weight excluding hydrogens is 395 g/mol. The number of alkyl halides is 2. The van der Waals surface area contributed by atoms with Gasteiger partial charge in [-0.1, -0.05) is 31.9 Å². The van der Waals surface area contributed by atoms with Crippen molar-refractivity contribution in [3.8, 4) is 0 Å². The van der Waals surface area contributed by atoms with Gasteiger partial charge in [0.25, 0.3) is 0 Å². The molecule has 2 rings (SSSR count). The zero-order valence-electron chi connectivity index (χ0n) is 10.1. The van der Waals surface area contributed by atoms with Crippen molar-refractivity contribution in [2.45, 2.75) is 0 Å². The van der Waals surface area contributed by atoms with Crippen molar-refractivity contribution >= 4 is 31.9 Å². The second kappa shape index (κ2) is 6.64. The summed E-state index contributed by atoms with van der Waals surface area (Å²) in [4.78, 5) is 0. The van der Waals surface area contributed by atoms with Gasteiger partial charge < -0.3 is 0 Å². The fourth-order valence-corrected chi connectivity index (χ4v) is 4.44. The molecule has 0 spiro atoms. The van der Waals surface area contributed by atoms with Gasteiger partial charge in [0, 0.05) is 0 Å². The fraction of sp³-hybridized carbons (Fsp3) is 1.00. The molecule has 2 aliphatic heterocycles. The minimum atomic E-state index is -4.19. The van der Waals surface area contributed by atoms with Crippen molar-refractivity contribution in [2.75, 3.05) is 56.6 Å². The molecule has 3 N–H and O–H groups in total. The molecule has 0 unspecified atom stereocenters. The zero-order chi connectivity index (χ0) is 13.9. The molecule has 0 amide bonds. The van der Waals surface area contributed by atoms with E-state index < -0.39 is 10.2 Å². The van der Waals surface area contributed by atoms with Crippen molar-refractivity contribution < 1.29 is 37.8 Å². The number of rotatable bonds is 4. The van der Waals surface area contributed by atoms with Crippen LogP contribution in [0.3, 0.4) is 0 Å². The van der Waals surface area contributed by atoms with Gasteiger partial charge in [0.2, 0.25) is 6.67 Å². The predicted molar refractivity (Wildman–Crippen MR) is 68.8 cm³/mol. The Kier molecular flexibility index (Phi) is 6.30. The van der Waals surface area contributed by atoms with Crippen LogP contribution in [0.4, 0.5) is 0 Å². The summed E-state index contributed by atoms with van der Waals surface area (Å²) in [7, 11) is -4.19. The number of fused-ring (bicyclic) bond motifs is 2. The van der Waals surface area contributed by atoms with E-state index in [4.69, 9.17) is 18.6 Å². The molecular formula is C9H21Br2ClN2O4+2. The molecule has 18 heavy (non-hydrogen) atoms. The van der Waals surface area contributed by atoms with E-state index in [2.05, 4.69) is 31.9 Å². The Morgan fingerprint density at radius 2 is 1.17 bits per heavy atom. The molecule has 6 nitrogen and oxygen atoms in total. The van der Waals surface area contributed by atoms with E-state index in [9.17, 15) is 0 Å². The summed E-state index contributed by atoms with van der Waals surface area (Å²) in [6.07, 6.45) is 0. The van der Waals surface area contributed by atoms with Crippen LogP contribution in [-0.2, 0) is 0 Å². The summed E-state index contributed by atoms with van der Waals surface area (Å²) in [6, 6.07) is 0. The van der Waals surface area contributed by atoms with Crippen LogP contribution < -0.4 is 4.66 Å². The summed E-state index contributed by atoms with van der Waals surface area (Å²) >= 11 is 7.16. The number of hydrogen-bond acceptors (Lipinski definition) is 4. The van der Waals surface area contributed by atoms with Crippen molar-refractivity contribution in [1.82, 2.24) is 0 Å². The van der Waals surface area contributed by atoms with Gasteiger partial charge in [-0.2, -0.15) is 0 Å². The number of halogens is 3. The Labute approximate surface area is 126 Å².